The van der Waals surface area contributed by atoms with E-state index in [4.69, 9.17) is 10.00 Å². The van der Waals surface area contributed by atoms with Gasteiger partial charge in [-0.15, -0.1) is 0 Å². The van der Waals surface area contributed by atoms with Gasteiger partial charge in [-0.3, -0.25) is 0 Å². The second-order valence-electron chi connectivity index (χ2n) is 4.48. The number of hydrogen-bond donors (Lipinski definition) is 2. The second kappa shape index (κ2) is 6.11. The minimum absolute atomic E-state index is 0.108. The third-order valence-corrected chi connectivity index (χ3v) is 3.00. The van der Waals surface area contributed by atoms with Gasteiger partial charge in [-0.25, -0.2) is 0 Å². The fraction of sp³-hybridized carbons (Fsp3) is 0.462. The van der Waals surface area contributed by atoms with Gasteiger partial charge in [0.25, 0.3) is 0 Å². The van der Waals surface area contributed by atoms with Gasteiger partial charge in [0.1, 0.15) is 0 Å². The molecule has 0 bridgehead atoms. The first-order chi connectivity index (χ1) is 9.50. The Morgan fingerprint density at radius 2 is 2.25 bits per heavy atom. The van der Waals surface area contributed by atoms with Crippen LogP contribution >= 0.6 is 0 Å². The Morgan fingerprint density at radius 1 is 1.45 bits per heavy atom. The van der Waals surface area contributed by atoms with Crippen LogP contribution in [0.25, 0.3) is 0 Å². The molecule has 1 aromatic rings. The number of hydrogen-bond acceptors (Lipinski definition) is 4. The van der Waals surface area contributed by atoms with Gasteiger partial charge >= 0.3 is 6.18 Å². The maximum Gasteiger partial charge on any atom is 0.417 e. The summed E-state index contributed by atoms with van der Waals surface area (Å²) < 4.78 is 43.2. The Balaban J connectivity index is 2.04. The molecular formula is C13H14F3N3O. The van der Waals surface area contributed by atoms with Gasteiger partial charge < -0.3 is 15.4 Å². The predicted molar refractivity (Wildman–Crippen MR) is 67.3 cm³/mol. The molecule has 4 nitrogen and oxygen atoms in total. The lowest BCUT2D eigenvalue weighted by Gasteiger charge is -2.24. The Morgan fingerprint density at radius 3 is 2.85 bits per heavy atom. The van der Waals surface area contributed by atoms with E-state index in [1.807, 2.05) is 0 Å². The Hall–Kier alpha value is -1.78. The van der Waals surface area contributed by atoms with E-state index in [1.165, 1.54) is 12.1 Å². The zero-order chi connectivity index (χ0) is 14.6. The molecule has 2 N–H and O–H groups in total. The summed E-state index contributed by atoms with van der Waals surface area (Å²) in [7, 11) is 0. The molecule has 2 rings (SSSR count). The third kappa shape index (κ3) is 3.62. The first kappa shape index (κ1) is 14.6. The van der Waals surface area contributed by atoms with E-state index in [1.54, 1.807) is 6.07 Å². The summed E-state index contributed by atoms with van der Waals surface area (Å²) >= 11 is 0. The van der Waals surface area contributed by atoms with Gasteiger partial charge in [-0.2, -0.15) is 18.4 Å². The predicted octanol–water partition coefficient (Wildman–Crippen LogP) is 1.98. The monoisotopic (exact) mass is 285 g/mol. The van der Waals surface area contributed by atoms with Crippen molar-refractivity contribution >= 4 is 5.69 Å². The van der Waals surface area contributed by atoms with E-state index in [9.17, 15) is 13.2 Å². The maximum atomic E-state index is 12.6. The van der Waals surface area contributed by atoms with Crippen molar-refractivity contribution in [2.24, 2.45) is 0 Å². The van der Waals surface area contributed by atoms with Crippen LogP contribution in [0.3, 0.4) is 0 Å². The Labute approximate surface area is 114 Å². The number of nitrogens with zero attached hydrogens (tertiary/aromatic N) is 1. The molecule has 108 valence electrons. The van der Waals surface area contributed by atoms with Crippen LogP contribution in [-0.2, 0) is 10.9 Å². The van der Waals surface area contributed by atoms with Crippen LogP contribution in [0.5, 0.6) is 0 Å². The first-order valence-electron chi connectivity index (χ1n) is 6.17. The fourth-order valence-electron chi connectivity index (χ4n) is 1.99. The molecule has 1 aliphatic rings. The Bertz CT molecular complexity index is 505. The van der Waals surface area contributed by atoms with Gasteiger partial charge in [0.2, 0.25) is 0 Å². The van der Waals surface area contributed by atoms with Crippen molar-refractivity contribution in [2.45, 2.75) is 12.2 Å². The molecule has 1 atom stereocenters. The van der Waals surface area contributed by atoms with Crippen molar-refractivity contribution in [1.29, 1.82) is 5.26 Å². The lowest BCUT2D eigenvalue weighted by molar-refractivity contribution is -0.137. The molecule has 0 radical (unpaired) electrons. The van der Waals surface area contributed by atoms with Crippen molar-refractivity contribution < 1.29 is 17.9 Å². The van der Waals surface area contributed by atoms with Crippen molar-refractivity contribution in [1.82, 2.24) is 5.32 Å². The van der Waals surface area contributed by atoms with Crippen LogP contribution in [0.1, 0.15) is 11.1 Å². The van der Waals surface area contributed by atoms with Gasteiger partial charge in [-0.05, 0) is 18.2 Å². The van der Waals surface area contributed by atoms with Crippen LogP contribution in [0, 0.1) is 11.3 Å². The van der Waals surface area contributed by atoms with E-state index < -0.39 is 11.7 Å². The quantitative estimate of drug-likeness (QED) is 0.891. The molecule has 0 spiro atoms. The van der Waals surface area contributed by atoms with Gasteiger partial charge in [-0.1, -0.05) is 0 Å². The molecule has 0 aliphatic carbocycles. The van der Waals surface area contributed by atoms with Crippen molar-refractivity contribution in [3.8, 4) is 6.07 Å². The molecule has 1 saturated heterocycles. The number of alkyl halides is 3. The number of nitriles is 1. The zero-order valence-corrected chi connectivity index (χ0v) is 10.6. The van der Waals surface area contributed by atoms with Gasteiger partial charge in [0, 0.05) is 24.8 Å². The molecule has 1 fully saturated rings. The minimum atomic E-state index is -4.51. The number of benzene rings is 1. The molecular weight excluding hydrogens is 271 g/mol. The highest BCUT2D eigenvalue weighted by molar-refractivity contribution is 5.53. The summed E-state index contributed by atoms with van der Waals surface area (Å²) in [5.74, 6) is 0. The lowest BCUT2D eigenvalue weighted by Crippen LogP contribution is -2.45. The maximum absolute atomic E-state index is 12.6. The standard InChI is InChI=1S/C13H14F3N3O/c14-13(15,16)12-2-1-10(5-9(12)6-17)19-7-11-8-20-4-3-18-11/h1-2,5,11,18-19H,3-4,7-8H2. The molecule has 0 aromatic heterocycles. The number of ether oxygens (including phenoxy) is 1. The normalized spacial score (nSPS) is 19.4. The summed E-state index contributed by atoms with van der Waals surface area (Å²) in [5, 5.41) is 15.0. The summed E-state index contributed by atoms with van der Waals surface area (Å²) in [6.45, 7) is 2.49. The van der Waals surface area contributed by atoms with Crippen molar-refractivity contribution in [2.75, 3.05) is 31.6 Å². The fourth-order valence-corrected chi connectivity index (χ4v) is 1.99. The largest absolute Gasteiger partial charge is 0.417 e. The van der Waals surface area contributed by atoms with E-state index in [2.05, 4.69) is 10.6 Å². The average Bonchev–Trinajstić information content (AvgIpc) is 2.45. The van der Waals surface area contributed by atoms with Crippen LogP contribution < -0.4 is 10.6 Å². The SMILES string of the molecule is N#Cc1cc(NCC2COCCN2)ccc1C(F)(F)F. The van der Waals surface area contributed by atoms with Crippen LogP contribution in [0.4, 0.5) is 18.9 Å². The van der Waals surface area contributed by atoms with Gasteiger partial charge in [0.15, 0.2) is 0 Å². The highest BCUT2D eigenvalue weighted by Gasteiger charge is 2.33. The summed E-state index contributed by atoms with van der Waals surface area (Å²) in [4.78, 5) is 0. The van der Waals surface area contributed by atoms with Crippen LogP contribution in [0.15, 0.2) is 18.2 Å². The van der Waals surface area contributed by atoms with E-state index in [0.717, 1.165) is 12.6 Å². The average molecular weight is 285 g/mol. The molecule has 1 unspecified atom stereocenters. The first-order valence-corrected chi connectivity index (χ1v) is 6.17. The van der Waals surface area contributed by atoms with Crippen molar-refractivity contribution in [3.05, 3.63) is 29.3 Å². The van der Waals surface area contributed by atoms with E-state index >= 15 is 0 Å². The third-order valence-electron chi connectivity index (χ3n) is 3.00. The number of nitrogens with one attached hydrogen (secondary N) is 2. The molecule has 1 aromatic carbocycles. The summed E-state index contributed by atoms with van der Waals surface area (Å²) in [6, 6.07) is 5.15. The number of rotatable bonds is 3. The molecule has 1 heterocycles. The molecule has 0 amide bonds. The number of anilines is 1. The minimum Gasteiger partial charge on any atom is -0.383 e. The zero-order valence-electron chi connectivity index (χ0n) is 10.6. The number of halogens is 3. The highest BCUT2D eigenvalue weighted by Crippen LogP contribution is 2.32. The van der Waals surface area contributed by atoms with Gasteiger partial charge in [0.05, 0.1) is 30.4 Å². The summed E-state index contributed by atoms with van der Waals surface area (Å²) in [6.07, 6.45) is -4.51. The van der Waals surface area contributed by atoms with Crippen LogP contribution in [-0.4, -0.2) is 32.3 Å². The molecule has 1 aliphatic heterocycles. The highest BCUT2D eigenvalue weighted by atomic mass is 19.4. The Kier molecular flexibility index (Phi) is 4.47. The smallest absolute Gasteiger partial charge is 0.383 e. The van der Waals surface area contributed by atoms with E-state index in [-0.39, 0.29) is 11.6 Å². The topological polar surface area (TPSA) is 57.1 Å². The van der Waals surface area contributed by atoms with Crippen LogP contribution in [0.2, 0.25) is 0 Å². The van der Waals surface area contributed by atoms with Crippen molar-refractivity contribution in [3.63, 3.8) is 0 Å². The molecule has 7 heteroatoms. The second-order valence-corrected chi connectivity index (χ2v) is 4.48. The van der Waals surface area contributed by atoms with E-state index in [0.29, 0.717) is 25.4 Å². The number of morpholine rings is 1. The summed E-state index contributed by atoms with van der Waals surface area (Å²) in [5.41, 5.74) is -0.804. The molecule has 20 heavy (non-hydrogen) atoms. The molecule has 0 saturated carbocycles. The lowest BCUT2D eigenvalue weighted by atomic mass is 10.1.